The molecule has 56 valence electrons. The van der Waals surface area contributed by atoms with Crippen LogP contribution in [0.2, 0.25) is 0 Å². The van der Waals surface area contributed by atoms with E-state index < -0.39 is 0 Å². The number of aliphatic hydroxyl groups excluding tert-OH is 1. The Hall–Kier alpha value is -0.380. The smallest absolute Gasteiger partial charge is 0.0585 e. The van der Waals surface area contributed by atoms with Crippen LogP contribution in [0.1, 0.15) is 5.56 Å². The predicted octanol–water partition coefficient (Wildman–Crippen LogP) is 0.610. The van der Waals surface area contributed by atoms with E-state index in [1.807, 2.05) is 11.4 Å². The highest BCUT2D eigenvalue weighted by atomic mass is 32.1. The summed E-state index contributed by atoms with van der Waals surface area (Å²) >= 11 is 1.65. The third-order valence-electron chi connectivity index (χ3n) is 1.31. The molecular formula is C7H11NOS. The van der Waals surface area contributed by atoms with Gasteiger partial charge in [-0.15, -0.1) is 0 Å². The standard InChI is InChI=1S/C7H11NOS/c8-7(4-9)3-6-1-2-10-5-6/h1-2,5,7,9H,3-4,8H2/t7-/m1/s1. The molecule has 3 N–H and O–H groups in total. The van der Waals surface area contributed by atoms with Gasteiger partial charge in [0.25, 0.3) is 0 Å². The predicted molar refractivity (Wildman–Crippen MR) is 43.1 cm³/mol. The van der Waals surface area contributed by atoms with Gasteiger partial charge in [-0.1, -0.05) is 0 Å². The molecule has 2 nitrogen and oxygen atoms in total. The summed E-state index contributed by atoms with van der Waals surface area (Å²) in [5.41, 5.74) is 6.73. The van der Waals surface area contributed by atoms with E-state index in [1.165, 1.54) is 5.56 Å². The lowest BCUT2D eigenvalue weighted by atomic mass is 10.1. The largest absolute Gasteiger partial charge is 0.395 e. The van der Waals surface area contributed by atoms with Gasteiger partial charge in [-0.2, -0.15) is 11.3 Å². The van der Waals surface area contributed by atoms with E-state index >= 15 is 0 Å². The van der Waals surface area contributed by atoms with E-state index in [1.54, 1.807) is 11.3 Å². The average molecular weight is 157 g/mol. The zero-order valence-corrected chi connectivity index (χ0v) is 6.47. The highest BCUT2D eigenvalue weighted by Crippen LogP contribution is 2.07. The summed E-state index contributed by atoms with van der Waals surface area (Å²) in [5, 5.41) is 12.7. The molecule has 1 aromatic heterocycles. The molecule has 0 aromatic carbocycles. The third kappa shape index (κ3) is 2.10. The molecule has 1 atom stereocenters. The highest BCUT2D eigenvalue weighted by molar-refractivity contribution is 7.07. The van der Waals surface area contributed by atoms with Crippen molar-refractivity contribution in [2.24, 2.45) is 5.73 Å². The number of hydrogen-bond donors (Lipinski definition) is 2. The first-order chi connectivity index (χ1) is 4.83. The van der Waals surface area contributed by atoms with Crippen LogP contribution in [0.5, 0.6) is 0 Å². The molecule has 0 fully saturated rings. The number of aliphatic hydroxyl groups is 1. The molecule has 1 rings (SSSR count). The molecule has 1 aromatic rings. The summed E-state index contributed by atoms with van der Waals surface area (Å²) in [6, 6.07) is 1.93. The molecule has 0 aliphatic heterocycles. The fourth-order valence-electron chi connectivity index (χ4n) is 0.776. The van der Waals surface area contributed by atoms with Crippen molar-refractivity contribution in [3.05, 3.63) is 22.4 Å². The van der Waals surface area contributed by atoms with Crippen molar-refractivity contribution < 1.29 is 5.11 Å². The maximum Gasteiger partial charge on any atom is 0.0585 e. The zero-order valence-electron chi connectivity index (χ0n) is 5.66. The molecule has 10 heavy (non-hydrogen) atoms. The topological polar surface area (TPSA) is 46.2 Å². The summed E-state index contributed by atoms with van der Waals surface area (Å²) in [5.74, 6) is 0. The van der Waals surface area contributed by atoms with Crippen LogP contribution in [0.3, 0.4) is 0 Å². The molecule has 1 heterocycles. The first kappa shape index (κ1) is 7.72. The molecule has 3 heteroatoms. The molecule has 0 saturated carbocycles. The van der Waals surface area contributed by atoms with E-state index in [0.29, 0.717) is 0 Å². The number of hydrogen-bond acceptors (Lipinski definition) is 3. The first-order valence-electron chi connectivity index (χ1n) is 3.20. The lowest BCUT2D eigenvalue weighted by Crippen LogP contribution is -2.26. The van der Waals surface area contributed by atoms with Gasteiger partial charge < -0.3 is 10.8 Å². The quantitative estimate of drug-likeness (QED) is 0.675. The van der Waals surface area contributed by atoms with Gasteiger partial charge in [-0.25, -0.2) is 0 Å². The van der Waals surface area contributed by atoms with E-state index in [0.717, 1.165) is 6.42 Å². The van der Waals surface area contributed by atoms with Crippen LogP contribution < -0.4 is 5.73 Å². The van der Waals surface area contributed by atoms with E-state index in [-0.39, 0.29) is 12.6 Å². The first-order valence-corrected chi connectivity index (χ1v) is 4.14. The molecule has 0 radical (unpaired) electrons. The lowest BCUT2D eigenvalue weighted by molar-refractivity contribution is 0.265. The minimum atomic E-state index is -0.102. The van der Waals surface area contributed by atoms with Gasteiger partial charge in [0.1, 0.15) is 0 Å². The van der Waals surface area contributed by atoms with Gasteiger partial charge >= 0.3 is 0 Å². The van der Waals surface area contributed by atoms with E-state index in [9.17, 15) is 0 Å². The van der Waals surface area contributed by atoms with Crippen LogP contribution in [0.25, 0.3) is 0 Å². The van der Waals surface area contributed by atoms with Crippen LogP contribution in [-0.4, -0.2) is 17.8 Å². The molecule has 0 spiro atoms. The van der Waals surface area contributed by atoms with E-state index in [2.05, 4.69) is 5.38 Å². The minimum absolute atomic E-state index is 0.0653. The van der Waals surface area contributed by atoms with Gasteiger partial charge in [-0.3, -0.25) is 0 Å². The van der Waals surface area contributed by atoms with Crippen molar-refractivity contribution in [2.45, 2.75) is 12.5 Å². The average Bonchev–Trinajstić information content (AvgIpc) is 2.40. The van der Waals surface area contributed by atoms with E-state index in [4.69, 9.17) is 10.8 Å². The fourth-order valence-corrected chi connectivity index (χ4v) is 1.46. The third-order valence-corrected chi connectivity index (χ3v) is 2.04. The van der Waals surface area contributed by atoms with Crippen LogP contribution in [0.4, 0.5) is 0 Å². The normalized spacial score (nSPS) is 13.4. The summed E-state index contributed by atoms with van der Waals surface area (Å²) in [6.07, 6.45) is 0.778. The molecule has 0 amide bonds. The summed E-state index contributed by atoms with van der Waals surface area (Å²) < 4.78 is 0. The lowest BCUT2D eigenvalue weighted by Gasteiger charge is -2.04. The van der Waals surface area contributed by atoms with Crippen molar-refractivity contribution in [3.63, 3.8) is 0 Å². The highest BCUT2D eigenvalue weighted by Gasteiger charge is 2.00. The maximum absolute atomic E-state index is 8.61. The Morgan fingerprint density at radius 3 is 3.00 bits per heavy atom. The summed E-state index contributed by atoms with van der Waals surface area (Å²) in [6.45, 7) is 0.0653. The Bertz CT molecular complexity index is 174. The van der Waals surface area contributed by atoms with Crippen LogP contribution in [0.15, 0.2) is 16.8 Å². The second-order valence-corrected chi connectivity index (χ2v) is 3.06. The molecule has 0 bridgehead atoms. The molecule has 0 aliphatic carbocycles. The maximum atomic E-state index is 8.61. The fraction of sp³-hybridized carbons (Fsp3) is 0.429. The molecule has 0 saturated heterocycles. The summed E-state index contributed by atoms with van der Waals surface area (Å²) in [4.78, 5) is 0. The van der Waals surface area contributed by atoms with Crippen LogP contribution in [0, 0.1) is 0 Å². The van der Waals surface area contributed by atoms with Gasteiger partial charge in [0.2, 0.25) is 0 Å². The van der Waals surface area contributed by atoms with Gasteiger partial charge in [0.15, 0.2) is 0 Å². The second kappa shape index (κ2) is 3.71. The van der Waals surface area contributed by atoms with Crippen molar-refractivity contribution in [1.29, 1.82) is 0 Å². The van der Waals surface area contributed by atoms with Crippen LogP contribution in [-0.2, 0) is 6.42 Å². The number of nitrogens with two attached hydrogens (primary N) is 1. The Morgan fingerprint density at radius 1 is 1.70 bits per heavy atom. The second-order valence-electron chi connectivity index (χ2n) is 2.28. The molecule has 0 aliphatic rings. The SMILES string of the molecule is N[C@@H](CO)Cc1ccsc1. The van der Waals surface area contributed by atoms with Crippen LogP contribution >= 0.6 is 11.3 Å². The monoisotopic (exact) mass is 157 g/mol. The Kier molecular flexibility index (Phi) is 2.86. The van der Waals surface area contributed by atoms with Crippen molar-refractivity contribution in [2.75, 3.05) is 6.61 Å². The van der Waals surface area contributed by atoms with Gasteiger partial charge in [0, 0.05) is 6.04 Å². The molecular weight excluding hydrogens is 146 g/mol. The Labute approximate surface area is 64.3 Å². The number of rotatable bonds is 3. The zero-order chi connectivity index (χ0) is 7.40. The van der Waals surface area contributed by atoms with Gasteiger partial charge in [0.05, 0.1) is 6.61 Å². The van der Waals surface area contributed by atoms with Gasteiger partial charge in [-0.05, 0) is 28.8 Å². The number of thiophene rings is 1. The summed E-state index contributed by atoms with van der Waals surface area (Å²) in [7, 11) is 0. The molecule has 0 unspecified atom stereocenters. The Morgan fingerprint density at radius 2 is 2.50 bits per heavy atom. The van der Waals surface area contributed by atoms with Crippen molar-refractivity contribution in [3.8, 4) is 0 Å². The Balaban J connectivity index is 2.40. The van der Waals surface area contributed by atoms with Crippen molar-refractivity contribution >= 4 is 11.3 Å². The minimum Gasteiger partial charge on any atom is -0.395 e. The van der Waals surface area contributed by atoms with Crippen molar-refractivity contribution in [1.82, 2.24) is 0 Å².